The van der Waals surface area contributed by atoms with Crippen molar-refractivity contribution in [3.63, 3.8) is 0 Å². The van der Waals surface area contributed by atoms with Crippen molar-refractivity contribution >= 4 is 16.1 Å². The number of hydrogen-bond acceptors (Lipinski definition) is 5. The molecule has 0 spiro atoms. The van der Waals surface area contributed by atoms with Gasteiger partial charge in [-0.25, -0.2) is 0 Å². The Hall–Kier alpha value is -1.76. The van der Waals surface area contributed by atoms with Gasteiger partial charge in [0.15, 0.2) is 0 Å². The van der Waals surface area contributed by atoms with Gasteiger partial charge in [-0.05, 0) is 23.7 Å². The first kappa shape index (κ1) is 12.7. The van der Waals surface area contributed by atoms with E-state index in [9.17, 15) is 8.42 Å². The number of nitrogens with zero attached hydrogens (tertiary/aromatic N) is 2. The predicted octanol–water partition coefficient (Wildman–Crippen LogP) is 0.933. The normalized spacial score (nSPS) is 17.9. The Kier molecular flexibility index (Phi) is 3.42. The van der Waals surface area contributed by atoms with Crippen molar-refractivity contribution in [1.29, 1.82) is 0 Å². The maximum Gasteiger partial charge on any atom is 0.358 e. The van der Waals surface area contributed by atoms with Crippen LogP contribution in [0.5, 0.6) is 0 Å². The van der Waals surface area contributed by atoms with Crippen LogP contribution in [0.15, 0.2) is 34.3 Å². The van der Waals surface area contributed by atoms with Gasteiger partial charge in [0.1, 0.15) is 11.5 Å². The van der Waals surface area contributed by atoms with Crippen LogP contribution < -0.4 is 0 Å². The second-order valence-electron chi connectivity index (χ2n) is 3.94. The Morgan fingerprint density at radius 3 is 2.72 bits per heavy atom. The maximum absolute atomic E-state index is 11.9. The van der Waals surface area contributed by atoms with Crippen molar-refractivity contribution in [3.05, 3.63) is 29.8 Å². The standard InChI is InChI=1S/C11H14N2O4S/c1-9-5-3-4-6-10(9)18(14,15)17-12-11-13(2)7-8-16-11/h3-6H,7-8H2,1-2H3. The highest BCUT2D eigenvalue weighted by atomic mass is 32.2. The Balaban J connectivity index is 2.21. The lowest BCUT2D eigenvalue weighted by molar-refractivity contribution is 0.289. The highest BCUT2D eigenvalue weighted by molar-refractivity contribution is 7.86. The monoisotopic (exact) mass is 270 g/mol. The fourth-order valence-corrected chi connectivity index (χ4v) is 2.48. The molecule has 1 fully saturated rings. The van der Waals surface area contributed by atoms with E-state index in [0.717, 1.165) is 0 Å². The van der Waals surface area contributed by atoms with Crippen LogP contribution in [-0.2, 0) is 19.1 Å². The first-order chi connectivity index (χ1) is 8.50. The summed E-state index contributed by atoms with van der Waals surface area (Å²) in [6.45, 7) is 2.83. The van der Waals surface area contributed by atoms with Gasteiger partial charge in [-0.2, -0.15) is 8.42 Å². The van der Waals surface area contributed by atoms with Gasteiger partial charge in [0.2, 0.25) is 0 Å². The summed E-state index contributed by atoms with van der Waals surface area (Å²) in [5, 5.41) is 3.53. The number of likely N-dealkylation sites (N-methyl/N-ethyl adjacent to an activating group) is 1. The van der Waals surface area contributed by atoms with E-state index in [-0.39, 0.29) is 10.9 Å². The summed E-state index contributed by atoms with van der Waals surface area (Å²) >= 11 is 0. The molecule has 1 aliphatic rings. The number of rotatable bonds is 3. The van der Waals surface area contributed by atoms with Crippen molar-refractivity contribution in [2.24, 2.45) is 5.16 Å². The fraction of sp³-hybridized carbons (Fsp3) is 0.364. The van der Waals surface area contributed by atoms with E-state index in [1.807, 2.05) is 0 Å². The average Bonchev–Trinajstić information content (AvgIpc) is 2.73. The van der Waals surface area contributed by atoms with Gasteiger partial charge in [-0.15, -0.1) is 0 Å². The highest BCUT2D eigenvalue weighted by Gasteiger charge is 2.21. The van der Waals surface area contributed by atoms with E-state index in [4.69, 9.17) is 4.74 Å². The molecular formula is C11H14N2O4S. The SMILES string of the molecule is Cc1ccccc1S(=O)(=O)ON=C1OCCN1C. The lowest BCUT2D eigenvalue weighted by atomic mass is 10.2. The molecule has 0 radical (unpaired) electrons. The summed E-state index contributed by atoms with van der Waals surface area (Å²) in [5.74, 6) is 0. The minimum Gasteiger partial charge on any atom is -0.461 e. The van der Waals surface area contributed by atoms with Crippen LogP contribution in [0.4, 0.5) is 0 Å². The van der Waals surface area contributed by atoms with Gasteiger partial charge in [0, 0.05) is 7.05 Å². The molecule has 0 aliphatic carbocycles. The molecule has 1 aliphatic heterocycles. The molecule has 18 heavy (non-hydrogen) atoms. The molecule has 0 bridgehead atoms. The van der Waals surface area contributed by atoms with Crippen LogP contribution in [0.25, 0.3) is 0 Å². The van der Waals surface area contributed by atoms with E-state index >= 15 is 0 Å². The number of oxime groups is 1. The van der Waals surface area contributed by atoms with E-state index < -0.39 is 10.1 Å². The molecule has 0 saturated carbocycles. The van der Waals surface area contributed by atoms with Crippen molar-refractivity contribution in [2.45, 2.75) is 11.8 Å². The number of benzene rings is 1. The van der Waals surface area contributed by atoms with Crippen LogP contribution >= 0.6 is 0 Å². The van der Waals surface area contributed by atoms with E-state index in [1.54, 1.807) is 37.1 Å². The summed E-state index contributed by atoms with van der Waals surface area (Å²) in [6.07, 6.45) is 0. The average molecular weight is 270 g/mol. The summed E-state index contributed by atoms with van der Waals surface area (Å²) in [4.78, 5) is 1.78. The molecule has 0 aromatic heterocycles. The zero-order valence-electron chi connectivity index (χ0n) is 10.2. The zero-order valence-corrected chi connectivity index (χ0v) is 11.0. The lowest BCUT2D eigenvalue weighted by Crippen LogP contribution is -2.20. The molecule has 1 aromatic rings. The second-order valence-corrected chi connectivity index (χ2v) is 5.44. The molecule has 2 rings (SSSR count). The van der Waals surface area contributed by atoms with E-state index in [2.05, 4.69) is 9.44 Å². The Morgan fingerprint density at radius 1 is 1.39 bits per heavy atom. The number of amidine groups is 1. The van der Waals surface area contributed by atoms with Crippen LogP contribution in [0.3, 0.4) is 0 Å². The molecule has 0 unspecified atom stereocenters. The van der Waals surface area contributed by atoms with E-state index in [0.29, 0.717) is 18.7 Å². The minimum atomic E-state index is -3.90. The molecule has 1 saturated heterocycles. The number of aryl methyl sites for hydroxylation is 1. The van der Waals surface area contributed by atoms with Gasteiger partial charge >= 0.3 is 16.1 Å². The van der Waals surface area contributed by atoms with Crippen LogP contribution in [0, 0.1) is 6.92 Å². The molecule has 7 heteroatoms. The summed E-state index contributed by atoms with van der Waals surface area (Å²) < 4.78 is 33.6. The Morgan fingerprint density at radius 2 is 2.11 bits per heavy atom. The molecular weight excluding hydrogens is 256 g/mol. The van der Waals surface area contributed by atoms with Crippen LogP contribution in [0.1, 0.15) is 5.56 Å². The summed E-state index contributed by atoms with van der Waals surface area (Å²) in [7, 11) is -2.15. The largest absolute Gasteiger partial charge is 0.461 e. The first-order valence-corrected chi connectivity index (χ1v) is 6.83. The number of ether oxygens (including phenoxy) is 1. The molecule has 0 amide bonds. The summed E-state index contributed by atoms with van der Waals surface area (Å²) in [5.41, 5.74) is 0.610. The molecule has 0 N–H and O–H groups in total. The lowest BCUT2D eigenvalue weighted by Gasteiger charge is -2.08. The smallest absolute Gasteiger partial charge is 0.358 e. The predicted molar refractivity (Wildman–Crippen MR) is 65.5 cm³/mol. The third-order valence-electron chi connectivity index (χ3n) is 2.56. The Labute approximate surface area is 106 Å². The van der Waals surface area contributed by atoms with Crippen molar-refractivity contribution < 1.29 is 17.4 Å². The van der Waals surface area contributed by atoms with E-state index in [1.165, 1.54) is 6.07 Å². The quantitative estimate of drug-likeness (QED) is 0.764. The highest BCUT2D eigenvalue weighted by Crippen LogP contribution is 2.17. The van der Waals surface area contributed by atoms with Gasteiger partial charge in [-0.1, -0.05) is 18.2 Å². The molecule has 6 nitrogen and oxygen atoms in total. The van der Waals surface area contributed by atoms with Gasteiger partial charge in [-0.3, -0.25) is 4.28 Å². The van der Waals surface area contributed by atoms with Crippen molar-refractivity contribution in [3.8, 4) is 0 Å². The number of hydrogen-bond donors (Lipinski definition) is 0. The molecule has 98 valence electrons. The summed E-state index contributed by atoms with van der Waals surface area (Å²) in [6, 6.07) is 6.74. The molecule has 0 atom stereocenters. The van der Waals surface area contributed by atoms with Gasteiger partial charge in [0.25, 0.3) is 0 Å². The van der Waals surface area contributed by atoms with Crippen molar-refractivity contribution in [2.75, 3.05) is 20.2 Å². The van der Waals surface area contributed by atoms with Gasteiger partial charge in [0.05, 0.1) is 6.54 Å². The van der Waals surface area contributed by atoms with Crippen molar-refractivity contribution in [1.82, 2.24) is 4.90 Å². The van der Waals surface area contributed by atoms with Crippen LogP contribution in [-0.4, -0.2) is 39.5 Å². The van der Waals surface area contributed by atoms with Gasteiger partial charge < -0.3 is 9.64 Å². The minimum absolute atomic E-state index is 0.106. The maximum atomic E-state index is 11.9. The zero-order chi connectivity index (χ0) is 13.2. The topological polar surface area (TPSA) is 68.2 Å². The fourth-order valence-electron chi connectivity index (χ4n) is 1.53. The Bertz CT molecular complexity index is 568. The third-order valence-corrected chi connectivity index (χ3v) is 3.83. The van der Waals surface area contributed by atoms with Crippen LogP contribution in [0.2, 0.25) is 0 Å². The first-order valence-electron chi connectivity index (χ1n) is 5.42. The molecule has 1 heterocycles. The molecule has 1 aromatic carbocycles. The second kappa shape index (κ2) is 4.85. The third kappa shape index (κ3) is 2.56.